The molecule has 1 fully saturated rings. The Kier molecular flexibility index (Phi) is 5.77. The molecule has 31 heavy (non-hydrogen) atoms. The van der Waals surface area contributed by atoms with Crippen LogP contribution in [0.15, 0.2) is 83.8 Å². The van der Waals surface area contributed by atoms with E-state index in [9.17, 15) is 8.42 Å². The Bertz CT molecular complexity index is 1130. The van der Waals surface area contributed by atoms with Crippen LogP contribution >= 0.6 is 0 Å². The molecule has 1 aliphatic rings. The third-order valence-electron chi connectivity index (χ3n) is 5.16. The van der Waals surface area contributed by atoms with E-state index in [-0.39, 0.29) is 16.4 Å². The van der Waals surface area contributed by atoms with E-state index in [0.717, 1.165) is 5.56 Å². The fraction of sp³-hybridized carbons (Fsp3) is 0.280. The van der Waals surface area contributed by atoms with Gasteiger partial charge in [-0.3, -0.25) is 0 Å². The first kappa shape index (κ1) is 21.4. The summed E-state index contributed by atoms with van der Waals surface area (Å²) in [5, 5.41) is 0. The molecule has 0 radical (unpaired) electrons. The van der Waals surface area contributed by atoms with E-state index in [4.69, 9.17) is 9.47 Å². The van der Waals surface area contributed by atoms with Gasteiger partial charge in [-0.2, -0.15) is 0 Å². The molecule has 6 heteroatoms. The fourth-order valence-corrected chi connectivity index (χ4v) is 4.80. The number of ether oxygens (including phenoxy) is 2. The quantitative estimate of drug-likeness (QED) is 0.471. The normalized spacial score (nSPS) is 16.0. The van der Waals surface area contributed by atoms with E-state index >= 15 is 0 Å². The van der Waals surface area contributed by atoms with E-state index in [2.05, 4.69) is 20.8 Å². The van der Waals surface area contributed by atoms with Gasteiger partial charge in [0.2, 0.25) is 0 Å². The van der Waals surface area contributed by atoms with Crippen LogP contribution < -0.4 is 9.04 Å². The summed E-state index contributed by atoms with van der Waals surface area (Å²) in [6.07, 6.45) is 0.0692. The average molecular weight is 438 g/mol. The first-order valence-electron chi connectivity index (χ1n) is 10.3. The van der Waals surface area contributed by atoms with Crippen LogP contribution in [0, 0.1) is 0 Å². The number of anilines is 2. The summed E-state index contributed by atoms with van der Waals surface area (Å²) in [4.78, 5) is 0.227. The van der Waals surface area contributed by atoms with Crippen molar-refractivity contribution in [1.82, 2.24) is 0 Å². The lowest BCUT2D eigenvalue weighted by molar-refractivity contribution is 0.264. The summed E-state index contributed by atoms with van der Waals surface area (Å²) >= 11 is 0. The highest BCUT2D eigenvalue weighted by atomic mass is 32.2. The van der Waals surface area contributed by atoms with Crippen LogP contribution in [0.2, 0.25) is 0 Å². The molecule has 1 aliphatic heterocycles. The van der Waals surface area contributed by atoms with Crippen LogP contribution in [-0.2, 0) is 20.2 Å². The second-order valence-corrected chi connectivity index (χ2v) is 10.4. The molecule has 0 aromatic heterocycles. The fourth-order valence-electron chi connectivity index (χ4n) is 3.30. The Hall–Kier alpha value is -2.83. The second kappa shape index (κ2) is 8.36. The minimum atomic E-state index is -3.89. The molecule has 3 aromatic carbocycles. The summed E-state index contributed by atoms with van der Waals surface area (Å²) in [5.41, 5.74) is 2.02. The monoisotopic (exact) mass is 437 g/mol. The van der Waals surface area contributed by atoms with Crippen molar-refractivity contribution in [2.45, 2.75) is 37.2 Å². The molecule has 1 heterocycles. The molecular weight excluding hydrogens is 410 g/mol. The number of benzene rings is 3. The van der Waals surface area contributed by atoms with Gasteiger partial charge < -0.3 is 9.47 Å². The smallest absolute Gasteiger partial charge is 0.268 e. The Morgan fingerprint density at radius 3 is 2.16 bits per heavy atom. The number of rotatable bonds is 7. The van der Waals surface area contributed by atoms with Gasteiger partial charge in [0, 0.05) is 0 Å². The summed E-state index contributed by atoms with van der Waals surface area (Å²) in [6.45, 7) is 7.36. The van der Waals surface area contributed by atoms with Crippen molar-refractivity contribution < 1.29 is 17.9 Å². The van der Waals surface area contributed by atoms with Gasteiger partial charge in [0.25, 0.3) is 10.0 Å². The maximum atomic E-state index is 13.8. The molecule has 1 atom stereocenters. The molecule has 0 amide bonds. The van der Waals surface area contributed by atoms with Crippen LogP contribution in [-0.4, -0.2) is 27.7 Å². The molecule has 1 unspecified atom stereocenters. The highest BCUT2D eigenvalue weighted by Crippen LogP contribution is 2.39. The van der Waals surface area contributed by atoms with Gasteiger partial charge in [-0.15, -0.1) is 0 Å². The molecule has 0 bridgehead atoms. The van der Waals surface area contributed by atoms with Crippen molar-refractivity contribution in [3.8, 4) is 5.75 Å². The highest BCUT2D eigenvalue weighted by Gasteiger charge is 2.30. The number of sulfonamides is 1. The van der Waals surface area contributed by atoms with Crippen LogP contribution in [0.4, 0.5) is 11.4 Å². The first-order valence-corrected chi connectivity index (χ1v) is 11.8. The second-order valence-electron chi connectivity index (χ2n) is 8.61. The van der Waals surface area contributed by atoms with Crippen LogP contribution in [0.5, 0.6) is 5.75 Å². The number of nitrogens with zero attached hydrogens (tertiary/aromatic N) is 1. The van der Waals surface area contributed by atoms with Gasteiger partial charge in [-0.05, 0) is 47.4 Å². The molecule has 5 nitrogen and oxygen atoms in total. The lowest BCUT2D eigenvalue weighted by Gasteiger charge is -2.27. The number of epoxide rings is 1. The van der Waals surface area contributed by atoms with E-state index in [0.29, 0.717) is 30.3 Å². The van der Waals surface area contributed by atoms with Crippen molar-refractivity contribution in [2.75, 3.05) is 17.5 Å². The molecule has 0 N–H and O–H groups in total. The lowest BCUT2D eigenvalue weighted by atomic mass is 9.87. The van der Waals surface area contributed by atoms with Crippen molar-refractivity contribution in [3.05, 3.63) is 84.4 Å². The van der Waals surface area contributed by atoms with Crippen molar-refractivity contribution in [1.29, 1.82) is 0 Å². The average Bonchev–Trinajstić information content (AvgIpc) is 3.58. The Morgan fingerprint density at radius 1 is 0.935 bits per heavy atom. The maximum absolute atomic E-state index is 13.8. The van der Waals surface area contributed by atoms with Crippen molar-refractivity contribution in [2.24, 2.45) is 0 Å². The summed E-state index contributed by atoms with van der Waals surface area (Å²) in [7, 11) is -3.89. The predicted octanol–water partition coefficient (Wildman–Crippen LogP) is 5.29. The molecule has 3 aromatic rings. The van der Waals surface area contributed by atoms with Gasteiger partial charge in [0.15, 0.2) is 0 Å². The SMILES string of the molecule is CC(C)(C)c1ccc(S(=O)(=O)N(c2ccccc2)c2ccccc2OCC2CO2)cc1. The topological polar surface area (TPSA) is 59.1 Å². The van der Waals surface area contributed by atoms with E-state index in [1.54, 1.807) is 36.4 Å². The summed E-state index contributed by atoms with van der Waals surface area (Å²) < 4.78 is 40.2. The molecule has 0 spiro atoms. The molecule has 1 saturated heterocycles. The van der Waals surface area contributed by atoms with E-state index in [1.807, 2.05) is 42.5 Å². The molecule has 162 valence electrons. The molecule has 4 rings (SSSR count). The zero-order valence-electron chi connectivity index (χ0n) is 18.0. The largest absolute Gasteiger partial charge is 0.489 e. The van der Waals surface area contributed by atoms with Crippen LogP contribution in [0.1, 0.15) is 26.3 Å². The Balaban J connectivity index is 1.79. The Labute approximate surface area is 184 Å². The zero-order valence-corrected chi connectivity index (χ0v) is 18.8. The number of hydrogen-bond donors (Lipinski definition) is 0. The molecule has 0 saturated carbocycles. The standard InChI is InChI=1S/C25H27NO4S/c1-25(2,3)19-13-15-22(16-14-19)31(27,28)26(20-9-5-4-6-10-20)23-11-7-8-12-24(23)30-18-21-17-29-21/h4-16,21H,17-18H2,1-3H3. The number of para-hydroxylation sites is 3. The highest BCUT2D eigenvalue weighted by molar-refractivity contribution is 7.93. The lowest BCUT2D eigenvalue weighted by Crippen LogP contribution is -2.27. The van der Waals surface area contributed by atoms with Crippen molar-refractivity contribution >= 4 is 21.4 Å². The third kappa shape index (κ3) is 4.75. The van der Waals surface area contributed by atoms with Gasteiger partial charge in [-0.25, -0.2) is 12.7 Å². The van der Waals surface area contributed by atoms with Gasteiger partial charge in [0.1, 0.15) is 18.5 Å². The predicted molar refractivity (Wildman–Crippen MR) is 123 cm³/mol. The third-order valence-corrected chi connectivity index (χ3v) is 6.92. The van der Waals surface area contributed by atoms with Crippen LogP contribution in [0.25, 0.3) is 0 Å². The summed E-state index contributed by atoms with van der Waals surface area (Å²) in [5.74, 6) is 0.497. The molecular formula is C25H27NO4S. The summed E-state index contributed by atoms with van der Waals surface area (Å²) in [6, 6.07) is 23.4. The minimum absolute atomic E-state index is 0.0628. The number of hydrogen-bond acceptors (Lipinski definition) is 4. The van der Waals surface area contributed by atoms with Crippen molar-refractivity contribution in [3.63, 3.8) is 0 Å². The van der Waals surface area contributed by atoms with Gasteiger partial charge in [0.05, 0.1) is 22.9 Å². The molecule has 0 aliphatic carbocycles. The Morgan fingerprint density at radius 2 is 1.55 bits per heavy atom. The maximum Gasteiger partial charge on any atom is 0.268 e. The zero-order chi connectivity index (χ0) is 22.1. The van der Waals surface area contributed by atoms with E-state index in [1.165, 1.54) is 4.31 Å². The first-order chi connectivity index (χ1) is 14.8. The van der Waals surface area contributed by atoms with Gasteiger partial charge >= 0.3 is 0 Å². The van der Waals surface area contributed by atoms with Gasteiger partial charge in [-0.1, -0.05) is 63.2 Å². The van der Waals surface area contributed by atoms with Crippen LogP contribution in [0.3, 0.4) is 0 Å². The minimum Gasteiger partial charge on any atom is -0.489 e. The van der Waals surface area contributed by atoms with E-state index < -0.39 is 10.0 Å².